The summed E-state index contributed by atoms with van der Waals surface area (Å²) in [5.74, 6) is 0.553. The molecular formula is C19H17FN2OS. The van der Waals surface area contributed by atoms with Crippen LogP contribution in [0.25, 0.3) is 0 Å². The van der Waals surface area contributed by atoms with Gasteiger partial charge in [0.2, 0.25) is 0 Å². The molecule has 0 amide bonds. The average Bonchev–Trinajstić information content (AvgIpc) is 3.10. The molecule has 0 bridgehead atoms. The summed E-state index contributed by atoms with van der Waals surface area (Å²) < 4.78 is 18.5. The molecule has 0 unspecified atom stereocenters. The van der Waals surface area contributed by atoms with E-state index < -0.39 is 0 Å². The van der Waals surface area contributed by atoms with Crippen molar-refractivity contribution in [2.75, 3.05) is 5.32 Å². The summed E-state index contributed by atoms with van der Waals surface area (Å²) in [4.78, 5) is 2.01. The minimum absolute atomic E-state index is 0.275. The summed E-state index contributed by atoms with van der Waals surface area (Å²) in [6.07, 6.45) is 1.65. The lowest BCUT2D eigenvalue weighted by Gasteiger charge is -2.25. The van der Waals surface area contributed by atoms with Gasteiger partial charge in [-0.1, -0.05) is 30.3 Å². The van der Waals surface area contributed by atoms with Crippen LogP contribution in [0.3, 0.4) is 0 Å². The molecule has 0 saturated carbocycles. The number of hydrogen-bond donors (Lipinski definition) is 1. The Labute approximate surface area is 145 Å². The van der Waals surface area contributed by atoms with E-state index in [9.17, 15) is 4.39 Å². The first-order chi connectivity index (χ1) is 11.7. The second-order valence-corrected chi connectivity index (χ2v) is 5.74. The first-order valence-electron chi connectivity index (χ1n) is 7.58. The number of rotatable bonds is 5. The molecule has 0 atom stereocenters. The van der Waals surface area contributed by atoms with E-state index in [0.29, 0.717) is 18.2 Å². The molecule has 5 heteroatoms. The molecule has 24 heavy (non-hydrogen) atoms. The normalized spacial score (nSPS) is 10.4. The van der Waals surface area contributed by atoms with Crippen molar-refractivity contribution in [2.45, 2.75) is 13.1 Å². The molecule has 3 aromatic rings. The summed E-state index contributed by atoms with van der Waals surface area (Å²) in [5, 5.41) is 3.71. The lowest BCUT2D eigenvalue weighted by molar-refractivity contribution is 0.360. The zero-order valence-electron chi connectivity index (χ0n) is 13.0. The number of thiocarbonyl (C=S) groups is 1. The average molecular weight is 340 g/mol. The summed E-state index contributed by atoms with van der Waals surface area (Å²) in [5.41, 5.74) is 1.89. The van der Waals surface area contributed by atoms with Gasteiger partial charge < -0.3 is 14.6 Å². The third-order valence-corrected chi connectivity index (χ3v) is 3.89. The highest BCUT2D eigenvalue weighted by molar-refractivity contribution is 7.80. The Morgan fingerprint density at radius 3 is 2.38 bits per heavy atom. The molecule has 3 rings (SSSR count). The van der Waals surface area contributed by atoms with Crippen molar-refractivity contribution in [1.29, 1.82) is 0 Å². The minimum atomic E-state index is -0.275. The van der Waals surface area contributed by atoms with Crippen LogP contribution in [-0.2, 0) is 13.1 Å². The Morgan fingerprint density at radius 2 is 1.71 bits per heavy atom. The molecular weight excluding hydrogens is 323 g/mol. The second kappa shape index (κ2) is 7.75. The fourth-order valence-corrected chi connectivity index (χ4v) is 2.58. The van der Waals surface area contributed by atoms with Crippen LogP contribution in [0, 0.1) is 5.82 Å². The lowest BCUT2D eigenvalue weighted by atomic mass is 10.2. The summed E-state index contributed by atoms with van der Waals surface area (Å²) in [7, 11) is 0. The largest absolute Gasteiger partial charge is 0.467 e. The van der Waals surface area contributed by atoms with E-state index in [4.69, 9.17) is 16.6 Å². The third kappa shape index (κ3) is 4.43. The monoisotopic (exact) mass is 340 g/mol. The van der Waals surface area contributed by atoms with Crippen LogP contribution in [-0.4, -0.2) is 10.0 Å². The van der Waals surface area contributed by atoms with E-state index in [1.165, 1.54) is 12.1 Å². The van der Waals surface area contributed by atoms with Crippen molar-refractivity contribution < 1.29 is 8.81 Å². The predicted octanol–water partition coefficient (Wildman–Crippen LogP) is 4.82. The third-order valence-electron chi connectivity index (χ3n) is 3.53. The van der Waals surface area contributed by atoms with Crippen LogP contribution in [0.2, 0.25) is 0 Å². The number of nitrogens with zero attached hydrogens (tertiary/aromatic N) is 1. The van der Waals surface area contributed by atoms with E-state index in [0.717, 1.165) is 17.0 Å². The molecule has 3 nitrogen and oxygen atoms in total. The first-order valence-corrected chi connectivity index (χ1v) is 7.99. The van der Waals surface area contributed by atoms with Gasteiger partial charge in [-0.05, 0) is 54.2 Å². The smallest absolute Gasteiger partial charge is 0.174 e. The lowest BCUT2D eigenvalue weighted by Crippen LogP contribution is -2.33. The Kier molecular flexibility index (Phi) is 5.23. The summed E-state index contributed by atoms with van der Waals surface area (Å²) >= 11 is 5.54. The van der Waals surface area contributed by atoms with Gasteiger partial charge in [-0.3, -0.25) is 0 Å². The van der Waals surface area contributed by atoms with Gasteiger partial charge in [-0.25, -0.2) is 4.39 Å². The predicted molar refractivity (Wildman–Crippen MR) is 97.0 cm³/mol. The van der Waals surface area contributed by atoms with Crippen LogP contribution >= 0.6 is 12.2 Å². The van der Waals surface area contributed by atoms with Crippen molar-refractivity contribution in [3.05, 3.63) is 90.1 Å². The molecule has 1 N–H and O–H groups in total. The van der Waals surface area contributed by atoms with Gasteiger partial charge in [0, 0.05) is 12.2 Å². The fourth-order valence-electron chi connectivity index (χ4n) is 2.33. The van der Waals surface area contributed by atoms with Crippen LogP contribution < -0.4 is 5.32 Å². The van der Waals surface area contributed by atoms with Crippen molar-refractivity contribution in [3.8, 4) is 0 Å². The molecule has 0 aliphatic rings. The second-order valence-electron chi connectivity index (χ2n) is 5.36. The molecule has 2 aromatic carbocycles. The van der Waals surface area contributed by atoms with Gasteiger partial charge in [0.05, 0.1) is 12.8 Å². The maximum atomic E-state index is 13.0. The molecule has 122 valence electrons. The highest BCUT2D eigenvalue weighted by Gasteiger charge is 2.13. The topological polar surface area (TPSA) is 28.4 Å². The highest BCUT2D eigenvalue weighted by atomic mass is 32.1. The molecule has 0 radical (unpaired) electrons. The van der Waals surface area contributed by atoms with Crippen LogP contribution in [0.15, 0.2) is 77.4 Å². The van der Waals surface area contributed by atoms with Gasteiger partial charge in [-0.2, -0.15) is 0 Å². The van der Waals surface area contributed by atoms with Crippen molar-refractivity contribution in [3.63, 3.8) is 0 Å². The summed E-state index contributed by atoms with van der Waals surface area (Å²) in [6.45, 7) is 1.20. The zero-order valence-corrected chi connectivity index (χ0v) is 13.8. The molecule has 0 aliphatic heterocycles. The van der Waals surface area contributed by atoms with Crippen LogP contribution in [0.5, 0.6) is 0 Å². The quantitative estimate of drug-likeness (QED) is 0.674. The number of nitrogens with one attached hydrogen (secondary N) is 1. The first kappa shape index (κ1) is 16.2. The van der Waals surface area contributed by atoms with Crippen LogP contribution in [0.1, 0.15) is 11.3 Å². The van der Waals surface area contributed by atoms with Crippen molar-refractivity contribution >= 4 is 23.0 Å². The highest BCUT2D eigenvalue weighted by Crippen LogP contribution is 2.14. The van der Waals surface area contributed by atoms with E-state index in [2.05, 4.69) is 17.4 Å². The molecule has 1 aromatic heterocycles. The molecule has 1 heterocycles. The number of anilines is 1. The number of benzene rings is 2. The standard InChI is InChI=1S/C19H17FN2OS/c20-16-8-10-17(11-9-16)21-19(24)22(14-18-7-4-12-23-18)13-15-5-2-1-3-6-15/h1-12H,13-14H2,(H,21,24). The fraction of sp³-hybridized carbons (Fsp3) is 0.105. The van der Waals surface area contributed by atoms with Crippen molar-refractivity contribution in [1.82, 2.24) is 4.90 Å². The number of hydrogen-bond acceptors (Lipinski definition) is 2. The molecule has 0 aliphatic carbocycles. The number of halogens is 1. The van der Waals surface area contributed by atoms with Crippen molar-refractivity contribution in [2.24, 2.45) is 0 Å². The van der Waals surface area contributed by atoms with Gasteiger partial charge in [0.1, 0.15) is 11.6 Å². The minimum Gasteiger partial charge on any atom is -0.467 e. The van der Waals surface area contributed by atoms with Crippen LogP contribution in [0.4, 0.5) is 10.1 Å². The summed E-state index contributed by atoms with van der Waals surface area (Å²) in [6, 6.07) is 20.0. The van der Waals surface area contributed by atoms with E-state index >= 15 is 0 Å². The Bertz CT molecular complexity index is 773. The van der Waals surface area contributed by atoms with E-state index in [-0.39, 0.29) is 5.82 Å². The van der Waals surface area contributed by atoms with E-state index in [1.807, 2.05) is 35.2 Å². The molecule has 0 spiro atoms. The Morgan fingerprint density at radius 1 is 0.958 bits per heavy atom. The SMILES string of the molecule is Fc1ccc(NC(=S)N(Cc2ccccc2)Cc2ccco2)cc1. The van der Waals surface area contributed by atoms with Gasteiger partial charge >= 0.3 is 0 Å². The van der Waals surface area contributed by atoms with Gasteiger partial charge in [0.15, 0.2) is 5.11 Å². The molecule has 0 fully saturated rings. The Hall–Kier alpha value is -2.66. The molecule has 0 saturated heterocycles. The maximum absolute atomic E-state index is 13.0. The Balaban J connectivity index is 1.74. The van der Waals surface area contributed by atoms with Gasteiger partial charge in [0.25, 0.3) is 0 Å². The van der Waals surface area contributed by atoms with E-state index in [1.54, 1.807) is 18.4 Å². The number of furan rings is 1. The zero-order chi connectivity index (χ0) is 16.8. The van der Waals surface area contributed by atoms with Gasteiger partial charge in [-0.15, -0.1) is 0 Å². The maximum Gasteiger partial charge on any atom is 0.174 e.